The zero-order valence-corrected chi connectivity index (χ0v) is 12.9. The monoisotopic (exact) mass is 332 g/mol. The van der Waals surface area contributed by atoms with E-state index >= 15 is 0 Å². The Morgan fingerprint density at radius 1 is 1.35 bits per heavy atom. The summed E-state index contributed by atoms with van der Waals surface area (Å²) in [6.07, 6.45) is -0.934. The number of hydrogen-bond acceptors (Lipinski definition) is 8. The van der Waals surface area contributed by atoms with Gasteiger partial charge < -0.3 is 26.8 Å². The number of aromatic nitrogens is 1. The van der Waals surface area contributed by atoms with Crippen LogP contribution < -0.4 is 11.5 Å². The number of thioether (sulfide) groups is 1. The van der Waals surface area contributed by atoms with Crippen LogP contribution in [-0.2, 0) is 0 Å². The third kappa shape index (κ3) is 3.65. The highest BCUT2D eigenvalue weighted by atomic mass is 32.2. The van der Waals surface area contributed by atoms with Gasteiger partial charge in [-0.3, -0.25) is 0 Å². The summed E-state index contributed by atoms with van der Waals surface area (Å²) in [4.78, 5) is 4.10. The molecule has 0 bridgehead atoms. The number of phenolic OH excluding ortho intramolecular Hbond substituents is 1. The molecular weight excluding hydrogens is 316 g/mol. The molecule has 1 unspecified atom stereocenters. The fourth-order valence-electron chi connectivity index (χ4n) is 1.99. The van der Waals surface area contributed by atoms with Crippen LogP contribution in [0.25, 0.3) is 11.1 Å². The number of aromatic hydroxyl groups is 1. The van der Waals surface area contributed by atoms with Gasteiger partial charge in [0.1, 0.15) is 22.7 Å². The fraction of sp³-hybridized carbons (Fsp3) is 0.200. The molecule has 120 valence electrons. The Balaban J connectivity index is 2.57. The van der Waals surface area contributed by atoms with E-state index in [0.717, 1.165) is 11.8 Å². The molecule has 0 fully saturated rings. The maximum Gasteiger partial charge on any atom is 0.148 e. The molecule has 7 nitrogen and oxygen atoms in total. The fourth-order valence-corrected chi connectivity index (χ4v) is 2.90. The molecule has 1 aromatic heterocycles. The molecule has 0 saturated heterocycles. The molecule has 1 aromatic carbocycles. The molecule has 2 aromatic rings. The maximum atomic E-state index is 9.64. The summed E-state index contributed by atoms with van der Waals surface area (Å²) in [5, 5.41) is 37.8. The number of aliphatic hydroxyl groups excluding tert-OH is 2. The summed E-state index contributed by atoms with van der Waals surface area (Å²) in [6, 6.07) is 8.35. The first-order chi connectivity index (χ1) is 11.0. The van der Waals surface area contributed by atoms with E-state index in [1.54, 1.807) is 12.1 Å². The molecule has 0 radical (unpaired) electrons. The molecule has 0 spiro atoms. The van der Waals surface area contributed by atoms with Gasteiger partial charge in [0.15, 0.2) is 0 Å². The number of pyridine rings is 1. The molecule has 0 amide bonds. The van der Waals surface area contributed by atoms with Gasteiger partial charge in [0.2, 0.25) is 0 Å². The molecule has 0 aliphatic heterocycles. The molecule has 2 rings (SSSR count). The molecule has 1 heterocycles. The molecular formula is C15H16N4O3S. The van der Waals surface area contributed by atoms with Crippen LogP contribution in [0.1, 0.15) is 5.56 Å². The predicted molar refractivity (Wildman–Crippen MR) is 88.7 cm³/mol. The highest BCUT2D eigenvalue weighted by Crippen LogP contribution is 2.38. The summed E-state index contributed by atoms with van der Waals surface area (Å²) in [5.41, 5.74) is 13.1. The predicted octanol–water partition coefficient (Wildman–Crippen LogP) is 0.936. The van der Waals surface area contributed by atoms with Crippen LogP contribution in [-0.4, -0.2) is 38.8 Å². The van der Waals surface area contributed by atoms with E-state index in [2.05, 4.69) is 4.98 Å². The van der Waals surface area contributed by atoms with Crippen molar-refractivity contribution < 1.29 is 15.3 Å². The van der Waals surface area contributed by atoms with Gasteiger partial charge in [-0.15, -0.1) is 11.8 Å². The summed E-state index contributed by atoms with van der Waals surface area (Å²) in [5.74, 6) is 0.246. The lowest BCUT2D eigenvalue weighted by molar-refractivity contribution is 0.113. The van der Waals surface area contributed by atoms with E-state index in [4.69, 9.17) is 16.6 Å². The minimum Gasteiger partial charge on any atom is -0.508 e. The number of anilines is 2. The van der Waals surface area contributed by atoms with E-state index in [1.165, 1.54) is 12.1 Å². The van der Waals surface area contributed by atoms with Gasteiger partial charge in [-0.1, -0.05) is 12.1 Å². The largest absolute Gasteiger partial charge is 0.508 e. The van der Waals surface area contributed by atoms with Crippen molar-refractivity contribution in [2.75, 3.05) is 23.8 Å². The Morgan fingerprint density at radius 2 is 2.09 bits per heavy atom. The average Bonchev–Trinajstić information content (AvgIpc) is 2.54. The molecule has 23 heavy (non-hydrogen) atoms. The second-order valence-corrected chi connectivity index (χ2v) is 5.78. The smallest absolute Gasteiger partial charge is 0.148 e. The Morgan fingerprint density at radius 3 is 2.70 bits per heavy atom. The number of hydrogen-bond donors (Lipinski definition) is 5. The second-order valence-electron chi connectivity index (χ2n) is 4.78. The number of nitrogens with zero attached hydrogens (tertiary/aromatic N) is 2. The summed E-state index contributed by atoms with van der Waals surface area (Å²) in [6.45, 7) is -0.390. The highest BCUT2D eigenvalue weighted by Gasteiger charge is 2.19. The number of benzene rings is 1. The van der Waals surface area contributed by atoms with Crippen molar-refractivity contribution in [2.45, 2.75) is 11.1 Å². The van der Waals surface area contributed by atoms with Crippen LogP contribution in [0, 0.1) is 11.3 Å². The zero-order chi connectivity index (χ0) is 17.0. The van der Waals surface area contributed by atoms with E-state index in [-0.39, 0.29) is 28.6 Å². The van der Waals surface area contributed by atoms with Gasteiger partial charge in [-0.05, 0) is 17.7 Å². The summed E-state index contributed by atoms with van der Waals surface area (Å²) in [7, 11) is 0. The SMILES string of the molecule is N#Cc1c(SCC(O)CO)nc(N)c(N)c1-c1cccc(O)c1. The standard InChI is InChI=1S/C15H16N4O3S/c16-5-11-12(8-2-1-3-9(21)4-8)13(17)14(18)19-15(11)23-7-10(22)6-20/h1-4,10,20-22H,6-7,17H2,(H2,18,19). The quantitative estimate of drug-likeness (QED) is 0.508. The zero-order valence-electron chi connectivity index (χ0n) is 12.1. The van der Waals surface area contributed by atoms with E-state index in [0.29, 0.717) is 16.2 Å². The van der Waals surface area contributed by atoms with Crippen LogP contribution in [0.15, 0.2) is 29.3 Å². The lowest BCUT2D eigenvalue weighted by Crippen LogP contribution is -2.15. The average molecular weight is 332 g/mol. The molecule has 7 N–H and O–H groups in total. The van der Waals surface area contributed by atoms with Crippen LogP contribution in [0.4, 0.5) is 11.5 Å². The van der Waals surface area contributed by atoms with Gasteiger partial charge in [-0.2, -0.15) is 5.26 Å². The first-order valence-electron chi connectivity index (χ1n) is 6.68. The van der Waals surface area contributed by atoms with Crippen molar-refractivity contribution in [2.24, 2.45) is 0 Å². The van der Waals surface area contributed by atoms with Crippen molar-refractivity contribution >= 4 is 23.3 Å². The van der Waals surface area contributed by atoms with Gasteiger partial charge >= 0.3 is 0 Å². The summed E-state index contributed by atoms with van der Waals surface area (Å²) >= 11 is 1.10. The highest BCUT2D eigenvalue weighted by molar-refractivity contribution is 7.99. The van der Waals surface area contributed by atoms with Gasteiger partial charge in [0.05, 0.1) is 24.0 Å². The number of nitrogens with two attached hydrogens (primary N) is 2. The lowest BCUT2D eigenvalue weighted by Gasteiger charge is -2.14. The van der Waals surface area contributed by atoms with E-state index in [9.17, 15) is 15.5 Å². The Labute approximate surface area is 137 Å². The van der Waals surface area contributed by atoms with Crippen molar-refractivity contribution in [1.29, 1.82) is 5.26 Å². The van der Waals surface area contributed by atoms with Crippen LogP contribution >= 0.6 is 11.8 Å². The van der Waals surface area contributed by atoms with Crippen molar-refractivity contribution in [1.82, 2.24) is 4.98 Å². The first kappa shape index (κ1) is 16.9. The molecule has 8 heteroatoms. The molecule has 1 atom stereocenters. The van der Waals surface area contributed by atoms with Gasteiger partial charge in [0, 0.05) is 11.3 Å². The lowest BCUT2D eigenvalue weighted by atomic mass is 10.00. The number of aliphatic hydroxyl groups is 2. The van der Waals surface area contributed by atoms with E-state index < -0.39 is 12.7 Å². The van der Waals surface area contributed by atoms with Crippen LogP contribution in [0.5, 0.6) is 5.75 Å². The summed E-state index contributed by atoms with van der Waals surface area (Å²) < 4.78 is 0. The Hall–Kier alpha value is -2.47. The Bertz CT molecular complexity index is 761. The number of nitrogen functional groups attached to an aromatic ring is 2. The van der Waals surface area contributed by atoms with Gasteiger partial charge in [0.25, 0.3) is 0 Å². The second kappa shape index (κ2) is 7.19. The molecule has 0 aliphatic carbocycles. The number of rotatable bonds is 5. The number of phenols is 1. The van der Waals surface area contributed by atoms with Gasteiger partial charge in [-0.25, -0.2) is 4.98 Å². The van der Waals surface area contributed by atoms with Crippen LogP contribution in [0.2, 0.25) is 0 Å². The van der Waals surface area contributed by atoms with E-state index in [1.807, 2.05) is 6.07 Å². The van der Waals surface area contributed by atoms with Crippen LogP contribution in [0.3, 0.4) is 0 Å². The van der Waals surface area contributed by atoms with Crippen molar-refractivity contribution in [3.05, 3.63) is 29.8 Å². The first-order valence-corrected chi connectivity index (χ1v) is 7.66. The Kier molecular flexibility index (Phi) is 5.28. The van der Waals surface area contributed by atoms with Crippen molar-refractivity contribution in [3.63, 3.8) is 0 Å². The molecule has 0 saturated carbocycles. The minimum atomic E-state index is -0.934. The normalized spacial score (nSPS) is 11.9. The third-order valence-electron chi connectivity index (χ3n) is 3.10. The molecule has 0 aliphatic rings. The third-order valence-corrected chi connectivity index (χ3v) is 4.22. The minimum absolute atomic E-state index is 0.0334. The number of nitriles is 1. The maximum absolute atomic E-state index is 9.64. The topological polar surface area (TPSA) is 149 Å². The van der Waals surface area contributed by atoms with Crippen molar-refractivity contribution in [3.8, 4) is 22.9 Å².